The molecule has 1 fully saturated rings. The zero-order chi connectivity index (χ0) is 16.5. The van der Waals surface area contributed by atoms with E-state index in [2.05, 4.69) is 0 Å². The maximum absolute atomic E-state index is 12.7. The minimum absolute atomic E-state index is 0.00993. The molecule has 1 heterocycles. The lowest BCUT2D eigenvalue weighted by atomic mass is 9.76. The number of nitrogens with zero attached hydrogens (tertiary/aromatic N) is 1. The van der Waals surface area contributed by atoms with Crippen molar-refractivity contribution in [1.82, 2.24) is 4.90 Å². The molecule has 1 aromatic carbocycles. The van der Waals surface area contributed by atoms with Crippen LogP contribution in [0.4, 0.5) is 0 Å². The van der Waals surface area contributed by atoms with Gasteiger partial charge in [0.05, 0.1) is 11.3 Å². The van der Waals surface area contributed by atoms with E-state index in [0.717, 1.165) is 5.56 Å². The van der Waals surface area contributed by atoms with Gasteiger partial charge in [0.2, 0.25) is 5.91 Å². The van der Waals surface area contributed by atoms with Gasteiger partial charge in [0.25, 0.3) is 0 Å². The topological polar surface area (TPSA) is 57.6 Å². The van der Waals surface area contributed by atoms with Gasteiger partial charge in [0, 0.05) is 18.1 Å². The van der Waals surface area contributed by atoms with Gasteiger partial charge in [-0.25, -0.2) is 0 Å². The lowest BCUT2D eigenvalue weighted by Crippen LogP contribution is -2.41. The minimum Gasteiger partial charge on any atom is -0.481 e. The lowest BCUT2D eigenvalue weighted by Gasteiger charge is -2.29. The van der Waals surface area contributed by atoms with E-state index in [1.807, 2.05) is 32.9 Å². The van der Waals surface area contributed by atoms with Crippen molar-refractivity contribution in [3.8, 4) is 0 Å². The number of benzene rings is 1. The number of hydrogen-bond acceptors (Lipinski definition) is 2. The smallest absolute Gasteiger partial charge is 0.311 e. The van der Waals surface area contributed by atoms with Crippen molar-refractivity contribution in [3.05, 3.63) is 34.9 Å². The quantitative estimate of drug-likeness (QED) is 0.923. The maximum Gasteiger partial charge on any atom is 0.311 e. The predicted octanol–water partition coefficient (Wildman–Crippen LogP) is 3.40. The fourth-order valence-electron chi connectivity index (χ4n) is 3.11. The highest BCUT2D eigenvalue weighted by Crippen LogP contribution is 2.39. The Hall–Kier alpha value is -1.55. The molecule has 0 saturated carbocycles. The Bertz CT molecular complexity index is 587. The minimum atomic E-state index is -0.830. The van der Waals surface area contributed by atoms with E-state index in [4.69, 9.17) is 11.6 Å². The van der Waals surface area contributed by atoms with Gasteiger partial charge in [-0.3, -0.25) is 9.59 Å². The van der Waals surface area contributed by atoms with E-state index < -0.39 is 11.4 Å². The first-order valence-corrected chi connectivity index (χ1v) is 7.93. The summed E-state index contributed by atoms with van der Waals surface area (Å²) < 4.78 is 0. The van der Waals surface area contributed by atoms with Crippen LogP contribution >= 0.6 is 11.6 Å². The molecule has 120 valence electrons. The summed E-state index contributed by atoms with van der Waals surface area (Å²) in [6.45, 7) is 6.42. The van der Waals surface area contributed by atoms with E-state index in [1.165, 1.54) is 0 Å². The number of likely N-dealkylation sites (tertiary alicyclic amines) is 1. The van der Waals surface area contributed by atoms with Gasteiger partial charge < -0.3 is 10.0 Å². The molecule has 5 heteroatoms. The van der Waals surface area contributed by atoms with Crippen LogP contribution in [-0.2, 0) is 9.59 Å². The highest BCUT2D eigenvalue weighted by molar-refractivity contribution is 6.30. The van der Waals surface area contributed by atoms with Crippen LogP contribution in [0.2, 0.25) is 5.02 Å². The normalized spacial score (nSPS) is 22.9. The molecule has 0 aromatic heterocycles. The highest BCUT2D eigenvalue weighted by Gasteiger charge is 2.48. The summed E-state index contributed by atoms with van der Waals surface area (Å²) in [4.78, 5) is 26.0. The van der Waals surface area contributed by atoms with E-state index in [1.54, 1.807) is 17.0 Å². The fraction of sp³-hybridized carbons (Fsp3) is 0.529. The van der Waals surface area contributed by atoms with Crippen LogP contribution in [0, 0.1) is 11.3 Å². The van der Waals surface area contributed by atoms with Gasteiger partial charge in [-0.05, 0) is 37.0 Å². The summed E-state index contributed by atoms with van der Waals surface area (Å²) in [6, 6.07) is 7.25. The Kier molecular flexibility index (Phi) is 4.81. The molecule has 0 bridgehead atoms. The van der Waals surface area contributed by atoms with Crippen molar-refractivity contribution in [2.75, 3.05) is 13.1 Å². The number of hydrogen-bond donors (Lipinski definition) is 1. The van der Waals surface area contributed by atoms with Crippen molar-refractivity contribution in [2.45, 2.75) is 33.1 Å². The van der Waals surface area contributed by atoms with Crippen molar-refractivity contribution < 1.29 is 14.7 Å². The second-order valence-electron chi connectivity index (χ2n) is 6.40. The largest absolute Gasteiger partial charge is 0.481 e. The van der Waals surface area contributed by atoms with Gasteiger partial charge in [-0.15, -0.1) is 0 Å². The number of halogens is 1. The third-order valence-corrected chi connectivity index (χ3v) is 5.10. The lowest BCUT2D eigenvalue weighted by molar-refractivity contribution is -0.151. The fourth-order valence-corrected chi connectivity index (χ4v) is 3.31. The zero-order valence-electron chi connectivity index (χ0n) is 13.2. The number of aliphatic carboxylic acids is 1. The van der Waals surface area contributed by atoms with Crippen LogP contribution in [0.25, 0.3) is 0 Å². The number of rotatable bonds is 4. The molecular weight excluding hydrogens is 302 g/mol. The van der Waals surface area contributed by atoms with Gasteiger partial charge in [0.15, 0.2) is 0 Å². The number of carbonyl (C=O) groups excluding carboxylic acids is 1. The zero-order valence-corrected chi connectivity index (χ0v) is 13.9. The summed E-state index contributed by atoms with van der Waals surface area (Å²) in [6.07, 6.45) is 0.508. The maximum atomic E-state index is 12.7. The van der Waals surface area contributed by atoms with Crippen molar-refractivity contribution in [2.24, 2.45) is 11.3 Å². The van der Waals surface area contributed by atoms with E-state index in [-0.39, 0.29) is 24.3 Å². The number of carbonyl (C=O) groups is 2. The molecule has 0 aliphatic carbocycles. The molecule has 1 amide bonds. The van der Waals surface area contributed by atoms with Gasteiger partial charge in [-0.2, -0.15) is 0 Å². The Balaban J connectivity index is 2.16. The molecular formula is C17H22ClNO3. The van der Waals surface area contributed by atoms with E-state index in [0.29, 0.717) is 18.0 Å². The van der Waals surface area contributed by atoms with Gasteiger partial charge in [-0.1, -0.05) is 37.6 Å². The third-order valence-electron chi connectivity index (χ3n) is 4.86. The van der Waals surface area contributed by atoms with Crippen LogP contribution in [0.1, 0.15) is 38.7 Å². The molecule has 2 rings (SSSR count). The molecule has 0 radical (unpaired) electrons. The second kappa shape index (κ2) is 6.29. The van der Waals surface area contributed by atoms with Crippen LogP contribution in [0.3, 0.4) is 0 Å². The summed E-state index contributed by atoms with van der Waals surface area (Å²) >= 11 is 5.98. The number of carboxylic acid groups (broad SMARTS) is 1. The van der Waals surface area contributed by atoms with Crippen LogP contribution in [0.5, 0.6) is 0 Å². The third kappa shape index (κ3) is 2.98. The molecule has 0 spiro atoms. The summed E-state index contributed by atoms with van der Waals surface area (Å²) in [7, 11) is 0. The first kappa shape index (κ1) is 16.8. The van der Waals surface area contributed by atoms with Crippen LogP contribution in [0.15, 0.2) is 24.3 Å². The Morgan fingerprint density at radius 2 is 2.00 bits per heavy atom. The van der Waals surface area contributed by atoms with E-state index in [9.17, 15) is 14.7 Å². The van der Waals surface area contributed by atoms with Crippen LogP contribution < -0.4 is 0 Å². The Morgan fingerprint density at radius 3 is 2.50 bits per heavy atom. The molecule has 1 aliphatic rings. The highest BCUT2D eigenvalue weighted by atomic mass is 35.5. The van der Waals surface area contributed by atoms with Crippen molar-refractivity contribution in [3.63, 3.8) is 0 Å². The monoisotopic (exact) mass is 323 g/mol. The average molecular weight is 324 g/mol. The Morgan fingerprint density at radius 1 is 1.32 bits per heavy atom. The summed E-state index contributed by atoms with van der Waals surface area (Å²) in [5.74, 6) is -1.18. The molecule has 1 saturated heterocycles. The molecule has 1 aliphatic heterocycles. The molecule has 1 N–H and O–H groups in total. The van der Waals surface area contributed by atoms with Crippen molar-refractivity contribution >= 4 is 23.5 Å². The summed E-state index contributed by atoms with van der Waals surface area (Å²) in [5, 5.41) is 10.2. The molecule has 4 nitrogen and oxygen atoms in total. The second-order valence-corrected chi connectivity index (χ2v) is 6.84. The predicted molar refractivity (Wildman–Crippen MR) is 86.0 cm³/mol. The van der Waals surface area contributed by atoms with E-state index >= 15 is 0 Å². The number of amides is 1. The average Bonchev–Trinajstić information content (AvgIpc) is 2.92. The summed E-state index contributed by atoms with van der Waals surface area (Å²) in [5.41, 5.74) is 0.0267. The standard InChI is InChI=1S/C17H22ClNO3/c1-11(2)17(16(21)22)7-8-19(10-17)15(20)12(3)13-5-4-6-14(18)9-13/h4-6,9,11-12H,7-8,10H2,1-3H3,(H,21,22). The van der Waals surface area contributed by atoms with Crippen molar-refractivity contribution in [1.29, 1.82) is 0 Å². The molecule has 1 aromatic rings. The molecule has 22 heavy (non-hydrogen) atoms. The van der Waals surface area contributed by atoms with Gasteiger partial charge >= 0.3 is 5.97 Å². The first-order chi connectivity index (χ1) is 10.3. The van der Waals surface area contributed by atoms with Gasteiger partial charge in [0.1, 0.15) is 0 Å². The number of carboxylic acids is 1. The Labute approximate surface area is 136 Å². The van der Waals surface area contributed by atoms with Crippen LogP contribution in [-0.4, -0.2) is 35.0 Å². The molecule has 2 unspecified atom stereocenters. The molecule has 2 atom stereocenters. The SMILES string of the molecule is CC(C(=O)N1CCC(C(=O)O)(C(C)C)C1)c1cccc(Cl)c1. The first-order valence-electron chi connectivity index (χ1n) is 7.55.